The number of benzene rings is 1. The van der Waals surface area contributed by atoms with Crippen LogP contribution in [0, 0.1) is 0 Å². The average molecular weight is 274 g/mol. The third-order valence-corrected chi connectivity index (χ3v) is 3.00. The Hall–Kier alpha value is -2.34. The number of anilines is 1. The molecule has 0 saturated heterocycles. The number of aromatic amines is 1. The molecule has 0 aliphatic carbocycles. The van der Waals surface area contributed by atoms with Crippen molar-refractivity contribution < 1.29 is 4.79 Å². The minimum atomic E-state index is -0.494. The van der Waals surface area contributed by atoms with Crippen molar-refractivity contribution >= 4 is 11.6 Å². The van der Waals surface area contributed by atoms with Gasteiger partial charge in [0.2, 0.25) is 5.91 Å². The smallest absolute Gasteiger partial charge is 0.325 e. The van der Waals surface area contributed by atoms with Crippen molar-refractivity contribution in [2.45, 2.75) is 25.8 Å². The highest BCUT2D eigenvalue weighted by atomic mass is 16.2. The van der Waals surface area contributed by atoms with Crippen LogP contribution in [0.15, 0.2) is 41.5 Å². The Bertz CT molecular complexity index is 627. The lowest BCUT2D eigenvalue weighted by Crippen LogP contribution is -2.35. The lowest BCUT2D eigenvalue weighted by Gasteiger charge is -2.11. The molecule has 1 heterocycles. The Kier molecular flexibility index (Phi) is 4.37. The van der Waals surface area contributed by atoms with Gasteiger partial charge in [0, 0.05) is 18.1 Å². The van der Waals surface area contributed by atoms with E-state index in [0.29, 0.717) is 12.1 Å². The number of imidazole rings is 1. The standard InChI is InChI=1S/C14H18N4O2/c1-2-3-12(15)13(19)17-10-4-6-11(7-5-10)18-9-8-16-14(18)20/h4-9,12H,2-3,15H2,1H3,(H,16,20)(H,17,19)/t12-/m1/s1. The predicted molar refractivity (Wildman–Crippen MR) is 77.9 cm³/mol. The Labute approximate surface area is 116 Å². The van der Waals surface area contributed by atoms with E-state index in [1.807, 2.05) is 6.92 Å². The van der Waals surface area contributed by atoms with E-state index >= 15 is 0 Å². The van der Waals surface area contributed by atoms with Crippen LogP contribution in [0.1, 0.15) is 19.8 Å². The SMILES string of the molecule is CCC[C@@H](N)C(=O)Nc1ccc(-n2cc[nH]c2=O)cc1. The molecule has 0 spiro atoms. The highest BCUT2D eigenvalue weighted by molar-refractivity contribution is 5.94. The fraction of sp³-hybridized carbons (Fsp3) is 0.286. The topological polar surface area (TPSA) is 92.9 Å². The Morgan fingerprint density at radius 2 is 2.10 bits per heavy atom. The number of nitrogens with zero attached hydrogens (tertiary/aromatic N) is 1. The molecule has 0 bridgehead atoms. The first-order valence-electron chi connectivity index (χ1n) is 6.54. The van der Waals surface area contributed by atoms with E-state index in [1.54, 1.807) is 36.7 Å². The number of nitrogens with one attached hydrogen (secondary N) is 2. The summed E-state index contributed by atoms with van der Waals surface area (Å²) >= 11 is 0. The second kappa shape index (κ2) is 6.21. The number of rotatable bonds is 5. The largest absolute Gasteiger partial charge is 0.330 e. The first-order valence-corrected chi connectivity index (χ1v) is 6.54. The molecule has 2 rings (SSSR count). The van der Waals surface area contributed by atoms with Crippen molar-refractivity contribution in [1.82, 2.24) is 9.55 Å². The van der Waals surface area contributed by atoms with E-state index in [0.717, 1.165) is 12.1 Å². The molecule has 0 aliphatic heterocycles. The summed E-state index contributed by atoms with van der Waals surface area (Å²) in [5, 5.41) is 2.75. The van der Waals surface area contributed by atoms with Gasteiger partial charge in [-0.05, 0) is 30.7 Å². The zero-order chi connectivity index (χ0) is 14.5. The fourth-order valence-electron chi connectivity index (χ4n) is 1.91. The molecular formula is C14H18N4O2. The van der Waals surface area contributed by atoms with Gasteiger partial charge < -0.3 is 16.0 Å². The maximum absolute atomic E-state index is 11.8. The van der Waals surface area contributed by atoms with Gasteiger partial charge in [0.25, 0.3) is 0 Å². The quantitative estimate of drug-likeness (QED) is 0.765. The van der Waals surface area contributed by atoms with E-state index in [-0.39, 0.29) is 11.6 Å². The minimum absolute atomic E-state index is 0.196. The van der Waals surface area contributed by atoms with Crippen LogP contribution in [-0.4, -0.2) is 21.5 Å². The van der Waals surface area contributed by atoms with Gasteiger partial charge in [-0.25, -0.2) is 4.79 Å². The normalized spacial score (nSPS) is 12.1. The molecule has 6 heteroatoms. The summed E-state index contributed by atoms with van der Waals surface area (Å²) in [7, 11) is 0. The average Bonchev–Trinajstić information content (AvgIpc) is 2.86. The summed E-state index contributed by atoms with van der Waals surface area (Å²) in [6, 6.07) is 6.51. The molecule has 6 nitrogen and oxygen atoms in total. The van der Waals surface area contributed by atoms with Gasteiger partial charge in [-0.3, -0.25) is 9.36 Å². The van der Waals surface area contributed by atoms with E-state index in [4.69, 9.17) is 5.73 Å². The summed E-state index contributed by atoms with van der Waals surface area (Å²) in [5.74, 6) is -0.196. The van der Waals surface area contributed by atoms with E-state index in [2.05, 4.69) is 10.3 Å². The number of hydrogen-bond acceptors (Lipinski definition) is 3. The van der Waals surface area contributed by atoms with Gasteiger partial charge in [0.15, 0.2) is 0 Å². The molecule has 4 N–H and O–H groups in total. The molecule has 20 heavy (non-hydrogen) atoms. The number of amides is 1. The second-order valence-electron chi connectivity index (χ2n) is 4.57. The molecule has 2 aromatic rings. The van der Waals surface area contributed by atoms with Crippen LogP contribution >= 0.6 is 0 Å². The van der Waals surface area contributed by atoms with Crippen molar-refractivity contribution in [3.8, 4) is 5.69 Å². The van der Waals surface area contributed by atoms with Gasteiger partial charge in [0.05, 0.1) is 11.7 Å². The van der Waals surface area contributed by atoms with Crippen LogP contribution in [0.2, 0.25) is 0 Å². The Morgan fingerprint density at radius 1 is 1.40 bits per heavy atom. The minimum Gasteiger partial charge on any atom is -0.325 e. The van der Waals surface area contributed by atoms with Crippen molar-refractivity contribution in [1.29, 1.82) is 0 Å². The molecule has 0 saturated carbocycles. The summed E-state index contributed by atoms with van der Waals surface area (Å²) in [6.45, 7) is 1.98. The van der Waals surface area contributed by atoms with Gasteiger partial charge >= 0.3 is 5.69 Å². The number of carbonyl (C=O) groups is 1. The first kappa shape index (κ1) is 14.1. The number of aromatic nitrogens is 2. The highest BCUT2D eigenvalue weighted by Gasteiger charge is 2.12. The van der Waals surface area contributed by atoms with Gasteiger partial charge in [-0.15, -0.1) is 0 Å². The van der Waals surface area contributed by atoms with Crippen LogP contribution in [0.5, 0.6) is 0 Å². The Balaban J connectivity index is 2.07. The van der Waals surface area contributed by atoms with Crippen molar-refractivity contribution in [2.24, 2.45) is 5.73 Å². The molecule has 1 amide bonds. The van der Waals surface area contributed by atoms with Gasteiger partial charge in [-0.2, -0.15) is 0 Å². The molecule has 0 radical (unpaired) electrons. The number of carbonyl (C=O) groups excluding carboxylic acids is 1. The second-order valence-corrected chi connectivity index (χ2v) is 4.57. The molecule has 1 atom stereocenters. The molecule has 0 aliphatic rings. The van der Waals surface area contributed by atoms with Crippen LogP contribution < -0.4 is 16.7 Å². The molecular weight excluding hydrogens is 256 g/mol. The van der Waals surface area contributed by atoms with Crippen LogP contribution in [0.25, 0.3) is 5.69 Å². The first-order chi connectivity index (χ1) is 9.61. The van der Waals surface area contributed by atoms with E-state index in [1.165, 1.54) is 4.57 Å². The van der Waals surface area contributed by atoms with Crippen LogP contribution in [-0.2, 0) is 4.79 Å². The van der Waals surface area contributed by atoms with Crippen molar-refractivity contribution in [3.05, 3.63) is 47.1 Å². The molecule has 106 valence electrons. The van der Waals surface area contributed by atoms with Gasteiger partial charge in [0.1, 0.15) is 0 Å². The third-order valence-electron chi connectivity index (χ3n) is 3.00. The molecule has 1 aromatic carbocycles. The summed E-state index contributed by atoms with van der Waals surface area (Å²) < 4.78 is 1.48. The summed E-state index contributed by atoms with van der Waals surface area (Å²) in [5.41, 5.74) is 6.93. The Morgan fingerprint density at radius 3 is 2.65 bits per heavy atom. The zero-order valence-corrected chi connectivity index (χ0v) is 11.3. The third kappa shape index (κ3) is 3.16. The number of hydrogen-bond donors (Lipinski definition) is 3. The lowest BCUT2D eigenvalue weighted by atomic mass is 10.1. The fourth-order valence-corrected chi connectivity index (χ4v) is 1.91. The molecule has 1 aromatic heterocycles. The van der Waals surface area contributed by atoms with Crippen LogP contribution in [0.4, 0.5) is 5.69 Å². The van der Waals surface area contributed by atoms with E-state index in [9.17, 15) is 9.59 Å². The van der Waals surface area contributed by atoms with Crippen LogP contribution in [0.3, 0.4) is 0 Å². The van der Waals surface area contributed by atoms with Gasteiger partial charge in [-0.1, -0.05) is 13.3 Å². The maximum atomic E-state index is 11.8. The number of nitrogens with two attached hydrogens (primary N) is 1. The van der Waals surface area contributed by atoms with Crippen molar-refractivity contribution in [3.63, 3.8) is 0 Å². The summed E-state index contributed by atoms with van der Waals surface area (Å²) in [4.78, 5) is 25.8. The highest BCUT2D eigenvalue weighted by Crippen LogP contribution is 2.12. The monoisotopic (exact) mass is 274 g/mol. The maximum Gasteiger partial charge on any atom is 0.330 e. The number of H-pyrrole nitrogens is 1. The van der Waals surface area contributed by atoms with E-state index < -0.39 is 6.04 Å². The summed E-state index contributed by atoms with van der Waals surface area (Å²) in [6.07, 6.45) is 4.74. The lowest BCUT2D eigenvalue weighted by molar-refractivity contribution is -0.117. The molecule has 0 fully saturated rings. The van der Waals surface area contributed by atoms with Crippen molar-refractivity contribution in [2.75, 3.05) is 5.32 Å². The zero-order valence-electron chi connectivity index (χ0n) is 11.3. The predicted octanol–water partition coefficient (Wildman–Crippen LogP) is 1.23. The molecule has 0 unspecified atom stereocenters.